The Hall–Kier alpha value is -1.51. The third kappa shape index (κ3) is 7.49. The third-order valence-corrected chi connectivity index (χ3v) is 11.7. The number of hydrogen-bond donors (Lipinski definition) is 1. The number of rotatable bonds is 10. The molecule has 1 fully saturated rings. The number of aromatic nitrogens is 1. The van der Waals surface area contributed by atoms with Gasteiger partial charge in [-0.3, -0.25) is 0 Å². The molecule has 3 atom stereocenters. The molecule has 3 unspecified atom stereocenters. The maximum Gasteiger partial charge on any atom is 0.226 e. The summed E-state index contributed by atoms with van der Waals surface area (Å²) < 4.78 is 24.3. The van der Waals surface area contributed by atoms with Crippen molar-refractivity contribution in [2.75, 3.05) is 13.2 Å². The van der Waals surface area contributed by atoms with Gasteiger partial charge in [0.15, 0.2) is 8.32 Å². The Labute approximate surface area is 206 Å². The van der Waals surface area contributed by atoms with Crippen LogP contribution in [0, 0.1) is 13.8 Å². The third-order valence-electron chi connectivity index (χ3n) is 7.16. The van der Waals surface area contributed by atoms with Crippen LogP contribution in [0.5, 0.6) is 0 Å². The highest BCUT2D eigenvalue weighted by Gasteiger charge is 2.37. The van der Waals surface area contributed by atoms with Crippen LogP contribution in [-0.2, 0) is 20.5 Å². The van der Waals surface area contributed by atoms with Crippen LogP contribution in [0.3, 0.4) is 0 Å². The van der Waals surface area contributed by atoms with Crippen LogP contribution in [0.1, 0.15) is 63.5 Å². The monoisotopic (exact) mass is 489 g/mol. The zero-order valence-electron chi connectivity index (χ0n) is 22.0. The SMILES string of the molecule is Cc1cccc(-c2nc(COC3CCCC(OCC(O)CO[Si](C)(C)C(C)(C)C)C3)c(C)o2)c1. The van der Waals surface area contributed by atoms with E-state index in [1.165, 1.54) is 5.56 Å². The van der Waals surface area contributed by atoms with Gasteiger partial charge in [-0.1, -0.05) is 38.5 Å². The van der Waals surface area contributed by atoms with Gasteiger partial charge in [0, 0.05) is 5.56 Å². The topological polar surface area (TPSA) is 74.0 Å². The molecule has 0 spiro atoms. The van der Waals surface area contributed by atoms with Crippen LogP contribution in [0.25, 0.3) is 11.5 Å². The molecule has 0 radical (unpaired) electrons. The van der Waals surface area contributed by atoms with Crippen LogP contribution in [0.4, 0.5) is 0 Å². The van der Waals surface area contributed by atoms with E-state index in [0.29, 0.717) is 25.7 Å². The lowest BCUT2D eigenvalue weighted by Gasteiger charge is -2.37. The van der Waals surface area contributed by atoms with Crippen molar-refractivity contribution in [3.8, 4) is 11.5 Å². The highest BCUT2D eigenvalue weighted by molar-refractivity contribution is 6.74. The minimum Gasteiger partial charge on any atom is -0.441 e. The quantitative estimate of drug-likeness (QED) is 0.401. The van der Waals surface area contributed by atoms with Crippen LogP contribution < -0.4 is 0 Å². The lowest BCUT2D eigenvalue weighted by Crippen LogP contribution is -2.43. The van der Waals surface area contributed by atoms with Crippen LogP contribution in [0.2, 0.25) is 18.1 Å². The standard InChI is InChI=1S/C27H43NO5Si/c1-19-10-8-11-21(14-19)26-28-25(20(2)33-26)18-31-24-13-9-12-23(15-24)30-16-22(29)17-32-34(6,7)27(3,4)5/h8,10-11,14,22-24,29H,9,12-13,15-18H2,1-7H3. The normalized spacial score (nSPS) is 20.5. The van der Waals surface area contributed by atoms with Crippen molar-refractivity contribution in [1.29, 1.82) is 0 Å². The van der Waals surface area contributed by atoms with Gasteiger partial charge in [-0.15, -0.1) is 0 Å². The van der Waals surface area contributed by atoms with E-state index in [-0.39, 0.29) is 17.2 Å². The minimum atomic E-state index is -1.87. The highest BCUT2D eigenvalue weighted by Crippen LogP contribution is 2.36. The van der Waals surface area contributed by atoms with Crippen molar-refractivity contribution in [2.45, 2.75) is 103 Å². The molecular formula is C27H43NO5Si. The largest absolute Gasteiger partial charge is 0.441 e. The van der Waals surface area contributed by atoms with Crippen molar-refractivity contribution in [2.24, 2.45) is 0 Å². The van der Waals surface area contributed by atoms with E-state index >= 15 is 0 Å². The van der Waals surface area contributed by atoms with E-state index in [1.54, 1.807) is 0 Å². The summed E-state index contributed by atoms with van der Waals surface area (Å²) in [6.07, 6.45) is 3.51. The fraction of sp³-hybridized carbons (Fsp3) is 0.667. The maximum absolute atomic E-state index is 10.4. The molecule has 6 nitrogen and oxygen atoms in total. The molecule has 0 bridgehead atoms. The predicted molar refractivity (Wildman–Crippen MR) is 137 cm³/mol. The second-order valence-electron chi connectivity index (χ2n) is 11.2. The first kappa shape index (κ1) is 27.1. The molecule has 34 heavy (non-hydrogen) atoms. The summed E-state index contributed by atoms with van der Waals surface area (Å²) >= 11 is 0. The van der Waals surface area contributed by atoms with E-state index in [4.69, 9.17) is 18.3 Å². The molecule has 7 heteroatoms. The number of aryl methyl sites for hydroxylation is 2. The number of aliphatic hydroxyl groups is 1. The summed E-state index contributed by atoms with van der Waals surface area (Å²) in [7, 11) is -1.87. The molecule has 1 heterocycles. The van der Waals surface area contributed by atoms with Gasteiger partial charge in [-0.05, 0) is 69.8 Å². The number of hydrogen-bond acceptors (Lipinski definition) is 6. The van der Waals surface area contributed by atoms with E-state index in [9.17, 15) is 5.11 Å². The summed E-state index contributed by atoms with van der Waals surface area (Å²) in [6, 6.07) is 8.16. The number of nitrogens with zero attached hydrogens (tertiary/aromatic N) is 1. The highest BCUT2D eigenvalue weighted by atomic mass is 28.4. The van der Waals surface area contributed by atoms with Crippen molar-refractivity contribution in [3.05, 3.63) is 41.3 Å². The fourth-order valence-electron chi connectivity index (χ4n) is 3.88. The summed E-state index contributed by atoms with van der Waals surface area (Å²) in [5.41, 5.74) is 3.00. The van der Waals surface area contributed by atoms with Crippen LogP contribution in [-0.4, -0.2) is 49.9 Å². The first-order valence-electron chi connectivity index (χ1n) is 12.5. The van der Waals surface area contributed by atoms with E-state index in [2.05, 4.69) is 57.9 Å². The molecule has 0 amide bonds. The number of oxazole rings is 1. The zero-order valence-corrected chi connectivity index (χ0v) is 23.0. The molecule has 1 aromatic carbocycles. The van der Waals surface area contributed by atoms with Gasteiger partial charge < -0.3 is 23.4 Å². The predicted octanol–water partition coefficient (Wildman–Crippen LogP) is 6.19. The van der Waals surface area contributed by atoms with Gasteiger partial charge in [-0.25, -0.2) is 4.98 Å². The van der Waals surface area contributed by atoms with Crippen molar-refractivity contribution in [3.63, 3.8) is 0 Å². The smallest absolute Gasteiger partial charge is 0.226 e. The Balaban J connectivity index is 1.44. The molecular weight excluding hydrogens is 446 g/mol. The minimum absolute atomic E-state index is 0.0996. The van der Waals surface area contributed by atoms with Crippen molar-refractivity contribution in [1.82, 2.24) is 4.98 Å². The molecule has 0 saturated heterocycles. The molecule has 1 N–H and O–H groups in total. The Kier molecular flexibility index (Phi) is 9.14. The molecule has 1 aliphatic rings. The zero-order chi connectivity index (χ0) is 24.9. The van der Waals surface area contributed by atoms with Crippen LogP contribution >= 0.6 is 0 Å². The Morgan fingerprint density at radius 3 is 2.50 bits per heavy atom. The first-order valence-corrected chi connectivity index (χ1v) is 15.4. The lowest BCUT2D eigenvalue weighted by atomic mass is 9.95. The molecule has 2 aromatic rings. The lowest BCUT2D eigenvalue weighted by molar-refractivity contribution is -0.0756. The summed E-state index contributed by atoms with van der Waals surface area (Å²) in [5.74, 6) is 1.43. The van der Waals surface area contributed by atoms with Crippen molar-refractivity contribution < 1.29 is 23.4 Å². The Morgan fingerprint density at radius 2 is 1.82 bits per heavy atom. The molecule has 1 aliphatic carbocycles. The Bertz CT molecular complexity index is 920. The van der Waals surface area contributed by atoms with Gasteiger partial charge in [0.1, 0.15) is 11.5 Å². The van der Waals surface area contributed by atoms with E-state index in [0.717, 1.165) is 42.7 Å². The average Bonchev–Trinajstić information content (AvgIpc) is 3.15. The Morgan fingerprint density at radius 1 is 1.12 bits per heavy atom. The first-order chi connectivity index (χ1) is 15.9. The average molecular weight is 490 g/mol. The van der Waals surface area contributed by atoms with Gasteiger partial charge in [0.05, 0.1) is 38.1 Å². The number of ether oxygens (including phenoxy) is 2. The molecule has 3 rings (SSSR count). The van der Waals surface area contributed by atoms with E-state index < -0.39 is 14.4 Å². The van der Waals surface area contributed by atoms with Gasteiger partial charge in [-0.2, -0.15) is 0 Å². The number of benzene rings is 1. The number of aliphatic hydroxyl groups excluding tert-OH is 1. The summed E-state index contributed by atoms with van der Waals surface area (Å²) in [5, 5.41) is 10.5. The van der Waals surface area contributed by atoms with Gasteiger partial charge >= 0.3 is 0 Å². The molecule has 1 aromatic heterocycles. The summed E-state index contributed by atoms with van der Waals surface area (Å²) in [4.78, 5) is 4.67. The van der Waals surface area contributed by atoms with Gasteiger partial charge in [0.25, 0.3) is 0 Å². The van der Waals surface area contributed by atoms with E-state index in [1.807, 2.05) is 19.1 Å². The van der Waals surface area contributed by atoms with Gasteiger partial charge in [0.2, 0.25) is 5.89 Å². The van der Waals surface area contributed by atoms with Crippen molar-refractivity contribution >= 4 is 8.32 Å². The molecule has 190 valence electrons. The second kappa shape index (κ2) is 11.5. The second-order valence-corrected chi connectivity index (χ2v) is 16.0. The fourth-order valence-corrected chi connectivity index (χ4v) is 4.92. The molecule has 0 aliphatic heterocycles. The van der Waals surface area contributed by atoms with Crippen LogP contribution in [0.15, 0.2) is 28.7 Å². The summed E-state index contributed by atoms with van der Waals surface area (Å²) in [6.45, 7) is 16.1. The maximum atomic E-state index is 10.4. The molecule has 1 saturated carbocycles.